The minimum atomic E-state index is -3.38. The van der Waals surface area contributed by atoms with E-state index in [1.165, 1.54) is 41.5 Å². The Morgan fingerprint density at radius 1 is 1.27 bits per heavy atom. The number of hydrogen-bond acceptors (Lipinski definition) is 6. The molecule has 9 heteroatoms. The first-order valence-corrected chi connectivity index (χ1v) is 9.18. The van der Waals surface area contributed by atoms with Gasteiger partial charge in [-0.2, -0.15) is 10.4 Å². The summed E-state index contributed by atoms with van der Waals surface area (Å²) in [6.45, 7) is 0. The highest BCUT2D eigenvalue weighted by molar-refractivity contribution is 7.90. The van der Waals surface area contributed by atoms with Crippen LogP contribution in [0.25, 0.3) is 16.9 Å². The van der Waals surface area contributed by atoms with Gasteiger partial charge < -0.3 is 5.11 Å². The van der Waals surface area contributed by atoms with Crippen LogP contribution in [-0.2, 0) is 9.84 Å². The van der Waals surface area contributed by atoms with Gasteiger partial charge in [0.15, 0.2) is 15.7 Å². The number of nitrogens with zero attached hydrogens (tertiary/aromatic N) is 4. The van der Waals surface area contributed by atoms with E-state index >= 15 is 0 Å². The molecule has 1 aromatic carbocycles. The molecule has 0 amide bonds. The highest BCUT2D eigenvalue weighted by Gasteiger charge is 2.14. The fourth-order valence-corrected chi connectivity index (χ4v) is 3.01. The number of aromatic carboxylic acids is 1. The van der Waals surface area contributed by atoms with Crippen LogP contribution in [0.1, 0.15) is 15.9 Å². The number of aromatic nitrogens is 3. The minimum absolute atomic E-state index is 0.00441. The fraction of sp³-hybridized carbons (Fsp3) is 0.0588. The first kappa shape index (κ1) is 17.3. The van der Waals surface area contributed by atoms with Gasteiger partial charge in [-0.1, -0.05) is 12.1 Å². The van der Waals surface area contributed by atoms with Gasteiger partial charge in [0.25, 0.3) is 0 Å². The summed E-state index contributed by atoms with van der Waals surface area (Å²) in [5.74, 6) is -0.844. The monoisotopic (exact) mass is 368 g/mol. The van der Waals surface area contributed by atoms with Crippen LogP contribution < -0.4 is 0 Å². The van der Waals surface area contributed by atoms with Crippen molar-refractivity contribution in [1.82, 2.24) is 14.8 Å². The van der Waals surface area contributed by atoms with Gasteiger partial charge in [-0.3, -0.25) is 0 Å². The highest BCUT2D eigenvalue weighted by atomic mass is 32.2. The molecule has 0 fully saturated rings. The summed E-state index contributed by atoms with van der Waals surface area (Å²) in [6, 6.07) is 9.73. The van der Waals surface area contributed by atoms with Gasteiger partial charge in [-0.15, -0.1) is 0 Å². The van der Waals surface area contributed by atoms with Crippen molar-refractivity contribution in [2.24, 2.45) is 0 Å². The Bertz CT molecular complexity index is 1160. The lowest BCUT2D eigenvalue weighted by Gasteiger charge is -2.08. The van der Waals surface area contributed by atoms with E-state index in [9.17, 15) is 18.5 Å². The molecule has 0 radical (unpaired) electrons. The van der Waals surface area contributed by atoms with Crippen molar-refractivity contribution in [2.75, 3.05) is 6.26 Å². The van der Waals surface area contributed by atoms with E-state index in [0.717, 1.165) is 6.26 Å². The van der Waals surface area contributed by atoms with Crippen LogP contribution in [0.15, 0.2) is 53.8 Å². The molecular weight excluding hydrogens is 356 g/mol. The molecule has 0 saturated carbocycles. The Hall–Kier alpha value is -3.51. The lowest BCUT2D eigenvalue weighted by molar-refractivity contribution is 0.0697. The molecule has 0 spiro atoms. The van der Waals surface area contributed by atoms with E-state index in [-0.39, 0.29) is 21.8 Å². The maximum atomic E-state index is 11.7. The summed E-state index contributed by atoms with van der Waals surface area (Å²) < 4.78 is 24.7. The standard InChI is InChI=1S/C17H12N4O4S/c1-26(24,25)14-4-2-3-11(5-14)15-9-19-16(6-12(15)7-18)21-10-13(8-20-21)17(22)23/h2-6,8-10H,1H3,(H,22,23). The molecule has 0 aliphatic carbocycles. The number of rotatable bonds is 4. The fourth-order valence-electron chi connectivity index (χ4n) is 2.34. The zero-order valence-corrected chi connectivity index (χ0v) is 14.3. The minimum Gasteiger partial charge on any atom is -0.478 e. The van der Waals surface area contributed by atoms with Crippen molar-refractivity contribution in [2.45, 2.75) is 4.90 Å². The lowest BCUT2D eigenvalue weighted by Crippen LogP contribution is -2.01. The number of carboxylic acids is 1. The van der Waals surface area contributed by atoms with Crippen LogP contribution >= 0.6 is 0 Å². The van der Waals surface area contributed by atoms with Crippen molar-refractivity contribution in [3.05, 3.63) is 60.0 Å². The topological polar surface area (TPSA) is 126 Å². The Balaban J connectivity index is 2.08. The number of hydrogen-bond donors (Lipinski definition) is 1. The average Bonchev–Trinajstić information content (AvgIpc) is 3.11. The van der Waals surface area contributed by atoms with E-state index in [1.54, 1.807) is 12.1 Å². The molecule has 2 heterocycles. The first-order chi connectivity index (χ1) is 12.3. The predicted molar refractivity (Wildman–Crippen MR) is 91.6 cm³/mol. The first-order valence-electron chi connectivity index (χ1n) is 7.28. The molecule has 0 saturated heterocycles. The van der Waals surface area contributed by atoms with Gasteiger partial charge in [0, 0.05) is 30.3 Å². The summed E-state index contributed by atoms with van der Waals surface area (Å²) in [6.07, 6.45) is 5.00. The number of pyridine rings is 1. The summed E-state index contributed by atoms with van der Waals surface area (Å²) >= 11 is 0. The number of carboxylic acid groups (broad SMARTS) is 1. The van der Waals surface area contributed by atoms with Crippen molar-refractivity contribution in [3.8, 4) is 23.0 Å². The van der Waals surface area contributed by atoms with E-state index in [2.05, 4.69) is 10.1 Å². The number of sulfone groups is 1. The Kier molecular flexibility index (Phi) is 4.28. The molecule has 8 nitrogen and oxygen atoms in total. The van der Waals surface area contributed by atoms with Gasteiger partial charge in [-0.25, -0.2) is 22.9 Å². The van der Waals surface area contributed by atoms with E-state index < -0.39 is 15.8 Å². The molecule has 0 atom stereocenters. The number of benzene rings is 1. The third-order valence-electron chi connectivity index (χ3n) is 3.65. The average molecular weight is 368 g/mol. The summed E-state index contributed by atoms with van der Waals surface area (Å²) in [5.41, 5.74) is 1.26. The molecular formula is C17H12N4O4S. The van der Waals surface area contributed by atoms with Crippen LogP contribution in [0.5, 0.6) is 0 Å². The SMILES string of the molecule is CS(=O)(=O)c1cccc(-c2cnc(-n3cc(C(=O)O)cn3)cc2C#N)c1. The Morgan fingerprint density at radius 2 is 2.04 bits per heavy atom. The number of carbonyl (C=O) groups is 1. The largest absolute Gasteiger partial charge is 0.478 e. The van der Waals surface area contributed by atoms with Crippen LogP contribution in [0.4, 0.5) is 0 Å². The molecule has 0 bridgehead atoms. The molecule has 130 valence electrons. The van der Waals surface area contributed by atoms with Crippen molar-refractivity contribution in [3.63, 3.8) is 0 Å². The second kappa shape index (κ2) is 6.42. The van der Waals surface area contributed by atoms with Gasteiger partial charge >= 0.3 is 5.97 Å². The summed E-state index contributed by atoms with van der Waals surface area (Å²) in [5, 5.41) is 22.3. The van der Waals surface area contributed by atoms with Gasteiger partial charge in [0.2, 0.25) is 0 Å². The maximum Gasteiger partial charge on any atom is 0.338 e. The highest BCUT2D eigenvalue weighted by Crippen LogP contribution is 2.26. The molecule has 26 heavy (non-hydrogen) atoms. The van der Waals surface area contributed by atoms with Crippen LogP contribution in [0, 0.1) is 11.3 Å². The second-order valence-corrected chi connectivity index (χ2v) is 7.49. The third kappa shape index (κ3) is 3.31. The molecule has 0 aliphatic heterocycles. The van der Waals surface area contributed by atoms with E-state index in [1.807, 2.05) is 6.07 Å². The zero-order chi connectivity index (χ0) is 18.9. The molecule has 3 rings (SSSR count). The van der Waals surface area contributed by atoms with Gasteiger partial charge in [0.1, 0.15) is 0 Å². The van der Waals surface area contributed by atoms with E-state index in [4.69, 9.17) is 5.11 Å². The Labute approximate surface area is 148 Å². The lowest BCUT2D eigenvalue weighted by atomic mass is 10.0. The van der Waals surface area contributed by atoms with E-state index in [0.29, 0.717) is 11.1 Å². The Morgan fingerprint density at radius 3 is 2.65 bits per heavy atom. The van der Waals surface area contributed by atoms with Crippen LogP contribution in [-0.4, -0.2) is 40.5 Å². The predicted octanol–water partition coefficient (Wildman–Crippen LogP) is 1.91. The molecule has 1 N–H and O–H groups in total. The van der Waals surface area contributed by atoms with Crippen molar-refractivity contribution >= 4 is 15.8 Å². The molecule has 3 aromatic rings. The quantitative estimate of drug-likeness (QED) is 0.745. The molecule has 0 unspecified atom stereocenters. The molecule has 2 aromatic heterocycles. The summed E-state index contributed by atoms with van der Waals surface area (Å²) in [7, 11) is -3.38. The maximum absolute atomic E-state index is 11.7. The van der Waals surface area contributed by atoms with Crippen molar-refractivity contribution in [1.29, 1.82) is 5.26 Å². The van der Waals surface area contributed by atoms with Crippen LogP contribution in [0.3, 0.4) is 0 Å². The van der Waals surface area contributed by atoms with Crippen LogP contribution in [0.2, 0.25) is 0 Å². The van der Waals surface area contributed by atoms with Gasteiger partial charge in [-0.05, 0) is 17.7 Å². The second-order valence-electron chi connectivity index (χ2n) is 5.48. The summed E-state index contributed by atoms with van der Waals surface area (Å²) in [4.78, 5) is 15.3. The van der Waals surface area contributed by atoms with Crippen molar-refractivity contribution < 1.29 is 18.3 Å². The normalized spacial score (nSPS) is 11.1. The molecule has 0 aliphatic rings. The smallest absolute Gasteiger partial charge is 0.338 e. The van der Waals surface area contributed by atoms with Gasteiger partial charge in [0.05, 0.1) is 28.3 Å². The zero-order valence-electron chi connectivity index (χ0n) is 13.5. The third-order valence-corrected chi connectivity index (χ3v) is 4.76. The number of nitriles is 1.